The summed E-state index contributed by atoms with van der Waals surface area (Å²) in [6.45, 7) is 1.67. The number of carbonyl (C=O) groups excluding carboxylic acids is 3. The fourth-order valence-electron chi connectivity index (χ4n) is 2.45. The highest BCUT2D eigenvalue weighted by Gasteiger charge is 2.37. The van der Waals surface area contributed by atoms with Gasteiger partial charge in [-0.05, 0) is 12.8 Å². The molecule has 19 heavy (non-hydrogen) atoms. The van der Waals surface area contributed by atoms with Crippen molar-refractivity contribution in [3.63, 3.8) is 0 Å². The molecule has 0 aliphatic heterocycles. The van der Waals surface area contributed by atoms with Crippen LogP contribution in [0.3, 0.4) is 0 Å². The molecule has 0 aromatic rings. The van der Waals surface area contributed by atoms with Crippen LogP contribution < -0.4 is 16.4 Å². The predicted molar refractivity (Wildman–Crippen MR) is 71.1 cm³/mol. The van der Waals surface area contributed by atoms with Gasteiger partial charge in [-0.2, -0.15) is 0 Å². The fourth-order valence-corrected chi connectivity index (χ4v) is 2.45. The number of amides is 3. The van der Waals surface area contributed by atoms with Gasteiger partial charge in [-0.3, -0.25) is 14.4 Å². The Kier molecular flexibility index (Phi) is 5.79. The van der Waals surface area contributed by atoms with E-state index in [9.17, 15) is 14.4 Å². The van der Waals surface area contributed by atoms with E-state index < -0.39 is 11.4 Å². The summed E-state index contributed by atoms with van der Waals surface area (Å²) in [6, 6.07) is 0. The van der Waals surface area contributed by atoms with Gasteiger partial charge >= 0.3 is 0 Å². The second-order valence-corrected chi connectivity index (χ2v) is 5.14. The Hall–Kier alpha value is -1.59. The average Bonchev–Trinajstić information content (AvgIpc) is 2.55. The van der Waals surface area contributed by atoms with Crippen molar-refractivity contribution in [3.05, 3.63) is 0 Å². The molecule has 1 aliphatic carbocycles. The van der Waals surface area contributed by atoms with Crippen molar-refractivity contribution < 1.29 is 14.4 Å². The van der Waals surface area contributed by atoms with Gasteiger partial charge in [0.2, 0.25) is 17.7 Å². The van der Waals surface area contributed by atoms with E-state index in [2.05, 4.69) is 10.6 Å². The topological polar surface area (TPSA) is 101 Å². The summed E-state index contributed by atoms with van der Waals surface area (Å²) in [5.74, 6) is -0.872. The highest BCUT2D eigenvalue weighted by molar-refractivity contribution is 5.90. The minimum atomic E-state index is -0.899. The third kappa shape index (κ3) is 4.89. The van der Waals surface area contributed by atoms with Crippen LogP contribution in [0, 0.1) is 0 Å². The van der Waals surface area contributed by atoms with Crippen molar-refractivity contribution in [2.24, 2.45) is 5.73 Å². The van der Waals surface area contributed by atoms with Crippen LogP contribution in [-0.2, 0) is 14.4 Å². The van der Waals surface area contributed by atoms with E-state index in [1.165, 1.54) is 6.92 Å². The van der Waals surface area contributed by atoms with Crippen molar-refractivity contribution >= 4 is 17.7 Å². The van der Waals surface area contributed by atoms with Gasteiger partial charge in [0.25, 0.3) is 0 Å². The first kappa shape index (κ1) is 15.5. The zero-order chi connectivity index (χ0) is 14.3. The highest BCUT2D eigenvalue weighted by atomic mass is 16.2. The first-order chi connectivity index (χ1) is 8.96. The highest BCUT2D eigenvalue weighted by Crippen LogP contribution is 2.27. The molecule has 0 heterocycles. The van der Waals surface area contributed by atoms with Crippen LogP contribution >= 0.6 is 0 Å². The Morgan fingerprint density at radius 1 is 1.11 bits per heavy atom. The molecule has 6 heteroatoms. The summed E-state index contributed by atoms with van der Waals surface area (Å²) in [4.78, 5) is 34.2. The molecule has 0 aromatic carbocycles. The zero-order valence-electron chi connectivity index (χ0n) is 11.5. The number of hydrogen-bond donors (Lipinski definition) is 3. The van der Waals surface area contributed by atoms with Crippen LogP contribution in [0.25, 0.3) is 0 Å². The van der Waals surface area contributed by atoms with Gasteiger partial charge in [0.05, 0.1) is 0 Å². The quantitative estimate of drug-likeness (QED) is 0.622. The fraction of sp³-hybridized carbons (Fsp3) is 0.769. The van der Waals surface area contributed by atoms with Crippen molar-refractivity contribution in [2.75, 3.05) is 6.54 Å². The molecule has 0 bridgehead atoms. The first-order valence-corrected chi connectivity index (χ1v) is 6.82. The molecule has 0 aromatic heterocycles. The Bertz CT molecular complexity index is 347. The summed E-state index contributed by atoms with van der Waals surface area (Å²) in [5.41, 5.74) is 4.57. The minimum absolute atomic E-state index is 0.161. The van der Waals surface area contributed by atoms with Crippen molar-refractivity contribution in [1.29, 1.82) is 0 Å². The number of rotatable bonds is 5. The predicted octanol–water partition coefficient (Wildman–Crippen LogP) is 0.207. The molecule has 1 saturated carbocycles. The van der Waals surface area contributed by atoms with Crippen LogP contribution in [0.4, 0.5) is 0 Å². The maximum Gasteiger partial charge on any atom is 0.243 e. The monoisotopic (exact) mass is 269 g/mol. The number of primary amides is 1. The molecule has 1 fully saturated rings. The maximum atomic E-state index is 11.8. The summed E-state index contributed by atoms with van der Waals surface area (Å²) in [7, 11) is 0. The molecular weight excluding hydrogens is 246 g/mol. The normalized spacial score (nSPS) is 18.2. The Labute approximate surface area is 113 Å². The van der Waals surface area contributed by atoms with E-state index in [-0.39, 0.29) is 24.8 Å². The number of carbonyl (C=O) groups is 3. The van der Waals surface area contributed by atoms with E-state index in [0.717, 1.165) is 25.7 Å². The SMILES string of the molecule is CC(=O)NCCC(=O)NC1(C(N)=O)CCCCCC1. The number of nitrogens with two attached hydrogens (primary N) is 1. The molecule has 0 spiro atoms. The van der Waals surface area contributed by atoms with Gasteiger partial charge < -0.3 is 16.4 Å². The van der Waals surface area contributed by atoms with E-state index in [4.69, 9.17) is 5.73 Å². The average molecular weight is 269 g/mol. The molecule has 0 saturated heterocycles. The van der Waals surface area contributed by atoms with Gasteiger partial charge in [-0.25, -0.2) is 0 Å². The number of nitrogens with one attached hydrogen (secondary N) is 2. The van der Waals surface area contributed by atoms with E-state index in [1.807, 2.05) is 0 Å². The van der Waals surface area contributed by atoms with Crippen LogP contribution in [-0.4, -0.2) is 29.8 Å². The Balaban J connectivity index is 2.55. The summed E-state index contributed by atoms with van der Waals surface area (Å²) < 4.78 is 0. The largest absolute Gasteiger partial charge is 0.368 e. The summed E-state index contributed by atoms with van der Waals surface area (Å²) in [6.07, 6.45) is 5.30. The standard InChI is InChI=1S/C13H23N3O3/c1-10(17)15-9-6-11(18)16-13(12(14)19)7-4-2-3-5-8-13/h2-9H2,1H3,(H2,14,19)(H,15,17)(H,16,18). The van der Waals surface area contributed by atoms with Crippen molar-refractivity contribution in [2.45, 2.75) is 57.4 Å². The lowest BCUT2D eigenvalue weighted by Crippen LogP contribution is -2.57. The second kappa shape index (κ2) is 7.11. The first-order valence-electron chi connectivity index (χ1n) is 6.82. The van der Waals surface area contributed by atoms with Crippen molar-refractivity contribution in [3.8, 4) is 0 Å². The Morgan fingerprint density at radius 2 is 1.68 bits per heavy atom. The molecule has 0 unspecified atom stereocenters. The lowest BCUT2D eigenvalue weighted by molar-refractivity contribution is -0.132. The molecular formula is C13H23N3O3. The van der Waals surface area contributed by atoms with E-state index in [0.29, 0.717) is 12.8 Å². The van der Waals surface area contributed by atoms with Crippen molar-refractivity contribution in [1.82, 2.24) is 10.6 Å². The molecule has 0 atom stereocenters. The van der Waals surface area contributed by atoms with Gasteiger partial charge in [0, 0.05) is 19.9 Å². The van der Waals surface area contributed by atoms with Crippen LogP contribution in [0.15, 0.2) is 0 Å². The zero-order valence-corrected chi connectivity index (χ0v) is 11.5. The minimum Gasteiger partial charge on any atom is -0.368 e. The summed E-state index contributed by atoms with van der Waals surface area (Å²) >= 11 is 0. The number of hydrogen-bond acceptors (Lipinski definition) is 3. The lowest BCUT2D eigenvalue weighted by Gasteiger charge is -2.30. The van der Waals surface area contributed by atoms with Gasteiger partial charge in [0.1, 0.15) is 5.54 Å². The third-order valence-corrected chi connectivity index (χ3v) is 3.53. The summed E-state index contributed by atoms with van der Waals surface area (Å²) in [5, 5.41) is 5.33. The molecule has 1 rings (SSSR count). The van der Waals surface area contributed by atoms with Crippen LogP contribution in [0.2, 0.25) is 0 Å². The third-order valence-electron chi connectivity index (χ3n) is 3.53. The lowest BCUT2D eigenvalue weighted by atomic mass is 9.89. The molecule has 0 radical (unpaired) electrons. The van der Waals surface area contributed by atoms with Crippen LogP contribution in [0.1, 0.15) is 51.9 Å². The smallest absolute Gasteiger partial charge is 0.243 e. The second-order valence-electron chi connectivity index (χ2n) is 5.14. The molecule has 1 aliphatic rings. The maximum absolute atomic E-state index is 11.8. The van der Waals surface area contributed by atoms with Gasteiger partial charge in [-0.15, -0.1) is 0 Å². The molecule has 3 amide bonds. The van der Waals surface area contributed by atoms with Gasteiger partial charge in [-0.1, -0.05) is 25.7 Å². The van der Waals surface area contributed by atoms with E-state index >= 15 is 0 Å². The van der Waals surface area contributed by atoms with Crippen LogP contribution in [0.5, 0.6) is 0 Å². The molecule has 4 N–H and O–H groups in total. The molecule has 6 nitrogen and oxygen atoms in total. The Morgan fingerprint density at radius 3 is 2.16 bits per heavy atom. The molecule has 108 valence electrons. The van der Waals surface area contributed by atoms with E-state index in [1.54, 1.807) is 0 Å². The van der Waals surface area contributed by atoms with Gasteiger partial charge in [0.15, 0.2) is 0 Å².